The molecule has 2 rings (SSSR count). The molecule has 0 radical (unpaired) electrons. The second-order valence-electron chi connectivity index (χ2n) is 4.57. The predicted molar refractivity (Wildman–Crippen MR) is 97.0 cm³/mol. The summed E-state index contributed by atoms with van der Waals surface area (Å²) >= 11 is 4.99. The Hall–Kier alpha value is -2.80. The topological polar surface area (TPSA) is 67.1 Å². The molecule has 0 saturated carbocycles. The van der Waals surface area contributed by atoms with Crippen molar-refractivity contribution in [2.75, 3.05) is 6.54 Å². The van der Waals surface area contributed by atoms with Crippen molar-refractivity contribution in [2.45, 2.75) is 6.54 Å². The van der Waals surface area contributed by atoms with Crippen LogP contribution in [0.15, 0.2) is 60.4 Å². The van der Waals surface area contributed by atoms with Crippen LogP contribution in [-0.4, -0.2) is 32.9 Å². The first-order valence-electron chi connectivity index (χ1n) is 7.06. The molecule has 1 aromatic heterocycles. The van der Waals surface area contributed by atoms with Gasteiger partial charge in [0.1, 0.15) is 5.69 Å². The molecule has 0 aliphatic carbocycles. The van der Waals surface area contributed by atoms with Gasteiger partial charge in [0, 0.05) is 12.8 Å². The molecule has 0 unspecified atom stereocenters. The van der Waals surface area contributed by atoms with E-state index in [0.29, 0.717) is 18.2 Å². The van der Waals surface area contributed by atoms with Gasteiger partial charge in [-0.25, -0.2) is 4.68 Å². The first-order valence-corrected chi connectivity index (χ1v) is 7.47. The van der Waals surface area contributed by atoms with Crippen LogP contribution >= 0.6 is 12.2 Å². The zero-order chi connectivity index (χ0) is 16.3. The molecule has 0 atom stereocenters. The normalized spacial score (nSPS) is 11.0. The molecule has 7 heteroatoms. The van der Waals surface area contributed by atoms with E-state index in [0.717, 1.165) is 5.69 Å². The van der Waals surface area contributed by atoms with Gasteiger partial charge in [-0.3, -0.25) is 5.43 Å². The average Bonchev–Trinajstić information content (AvgIpc) is 3.01. The van der Waals surface area contributed by atoms with Gasteiger partial charge < -0.3 is 5.32 Å². The minimum atomic E-state index is 0.448. The number of thiocarbonyl (C=S) groups is 1. The summed E-state index contributed by atoms with van der Waals surface area (Å²) in [4.78, 5) is 0. The number of hydrogen-bond donors (Lipinski definition) is 2. The third kappa shape index (κ3) is 6.23. The fraction of sp³-hybridized carbons (Fsp3) is 0.125. The summed E-state index contributed by atoms with van der Waals surface area (Å²) < 4.78 is 1.79. The Labute approximate surface area is 140 Å². The van der Waals surface area contributed by atoms with E-state index in [1.165, 1.54) is 5.56 Å². The number of rotatable bonds is 7. The maximum atomic E-state index is 4.99. The summed E-state index contributed by atoms with van der Waals surface area (Å²) in [5.74, 6) is 0. The van der Waals surface area contributed by atoms with Gasteiger partial charge in [0.15, 0.2) is 5.11 Å². The van der Waals surface area contributed by atoms with Crippen molar-refractivity contribution in [2.24, 2.45) is 5.10 Å². The SMILES string of the molecule is C=CCNC(=S)N/N=C\C=C\c1cn(Cc2ccccc2)nn1. The van der Waals surface area contributed by atoms with Crippen molar-refractivity contribution in [3.63, 3.8) is 0 Å². The number of benzene rings is 1. The Balaban J connectivity index is 1.79. The van der Waals surface area contributed by atoms with Gasteiger partial charge >= 0.3 is 0 Å². The Bertz CT molecular complexity index is 690. The lowest BCUT2D eigenvalue weighted by molar-refractivity contribution is 0.649. The van der Waals surface area contributed by atoms with Crippen molar-refractivity contribution in [1.29, 1.82) is 0 Å². The zero-order valence-electron chi connectivity index (χ0n) is 12.6. The molecule has 118 valence electrons. The third-order valence-corrected chi connectivity index (χ3v) is 2.98. The number of allylic oxidation sites excluding steroid dienone is 1. The second-order valence-corrected chi connectivity index (χ2v) is 4.98. The van der Waals surface area contributed by atoms with Gasteiger partial charge in [-0.05, 0) is 29.9 Å². The molecule has 1 heterocycles. The van der Waals surface area contributed by atoms with Gasteiger partial charge in [0.25, 0.3) is 0 Å². The van der Waals surface area contributed by atoms with Crippen LogP contribution in [0.3, 0.4) is 0 Å². The summed E-state index contributed by atoms with van der Waals surface area (Å²) in [5, 5.41) is 15.5. The molecule has 0 bridgehead atoms. The highest BCUT2D eigenvalue weighted by Crippen LogP contribution is 2.02. The van der Waals surface area contributed by atoms with E-state index in [-0.39, 0.29) is 0 Å². The minimum Gasteiger partial charge on any atom is -0.358 e. The molecule has 0 fully saturated rings. The molecule has 1 aromatic carbocycles. The Kier molecular flexibility index (Phi) is 6.67. The molecule has 0 amide bonds. The van der Waals surface area contributed by atoms with E-state index in [4.69, 9.17) is 12.2 Å². The van der Waals surface area contributed by atoms with Crippen molar-refractivity contribution < 1.29 is 0 Å². The Morgan fingerprint density at radius 1 is 1.35 bits per heavy atom. The molecule has 0 aliphatic heterocycles. The van der Waals surface area contributed by atoms with E-state index in [2.05, 4.69) is 44.9 Å². The molecule has 23 heavy (non-hydrogen) atoms. The van der Waals surface area contributed by atoms with Gasteiger partial charge in [-0.1, -0.05) is 41.6 Å². The van der Waals surface area contributed by atoms with Gasteiger partial charge in [-0.15, -0.1) is 11.7 Å². The maximum Gasteiger partial charge on any atom is 0.187 e. The van der Waals surface area contributed by atoms with Crippen LogP contribution in [0.1, 0.15) is 11.3 Å². The first kappa shape index (κ1) is 16.6. The van der Waals surface area contributed by atoms with Crippen LogP contribution in [0.5, 0.6) is 0 Å². The number of nitrogens with one attached hydrogen (secondary N) is 2. The molecule has 0 spiro atoms. The molecular formula is C16H18N6S. The van der Waals surface area contributed by atoms with Crippen molar-refractivity contribution >= 4 is 29.6 Å². The van der Waals surface area contributed by atoms with Crippen LogP contribution in [0.2, 0.25) is 0 Å². The number of aromatic nitrogens is 3. The maximum absolute atomic E-state index is 4.99. The highest BCUT2D eigenvalue weighted by atomic mass is 32.1. The number of hydrazone groups is 1. The number of hydrogen-bond acceptors (Lipinski definition) is 4. The first-order chi connectivity index (χ1) is 11.3. The summed E-state index contributed by atoms with van der Waals surface area (Å²) in [7, 11) is 0. The molecule has 0 aliphatic rings. The summed E-state index contributed by atoms with van der Waals surface area (Å²) in [6.45, 7) is 4.88. The summed E-state index contributed by atoms with van der Waals surface area (Å²) in [5.41, 5.74) is 4.63. The molecule has 0 saturated heterocycles. The molecule has 2 aromatic rings. The van der Waals surface area contributed by atoms with E-state index in [9.17, 15) is 0 Å². The van der Waals surface area contributed by atoms with Crippen LogP contribution in [0, 0.1) is 0 Å². The van der Waals surface area contributed by atoms with Crippen molar-refractivity contribution in [3.05, 3.63) is 66.5 Å². The smallest absolute Gasteiger partial charge is 0.187 e. The quantitative estimate of drug-likeness (QED) is 0.352. The largest absolute Gasteiger partial charge is 0.358 e. The zero-order valence-corrected chi connectivity index (χ0v) is 13.4. The summed E-state index contributed by atoms with van der Waals surface area (Å²) in [6, 6.07) is 10.1. The van der Waals surface area contributed by atoms with Gasteiger partial charge in [0.05, 0.1) is 12.7 Å². The fourth-order valence-electron chi connectivity index (χ4n) is 1.72. The highest BCUT2D eigenvalue weighted by molar-refractivity contribution is 7.80. The highest BCUT2D eigenvalue weighted by Gasteiger charge is 1.98. The van der Waals surface area contributed by atoms with Crippen LogP contribution < -0.4 is 10.7 Å². The molecule has 6 nitrogen and oxygen atoms in total. The minimum absolute atomic E-state index is 0.448. The van der Waals surface area contributed by atoms with E-state index in [1.54, 1.807) is 23.0 Å². The predicted octanol–water partition coefficient (Wildman–Crippen LogP) is 1.98. The molecule has 2 N–H and O–H groups in total. The lowest BCUT2D eigenvalue weighted by atomic mass is 10.2. The van der Waals surface area contributed by atoms with Gasteiger partial charge in [-0.2, -0.15) is 5.10 Å². The summed E-state index contributed by atoms with van der Waals surface area (Å²) in [6.07, 6.45) is 8.77. The van der Waals surface area contributed by atoms with Crippen LogP contribution in [0.4, 0.5) is 0 Å². The number of nitrogens with zero attached hydrogens (tertiary/aromatic N) is 4. The van der Waals surface area contributed by atoms with E-state index < -0.39 is 0 Å². The second kappa shape index (κ2) is 9.26. The van der Waals surface area contributed by atoms with E-state index >= 15 is 0 Å². The van der Waals surface area contributed by atoms with Crippen LogP contribution in [-0.2, 0) is 6.54 Å². The standard InChI is InChI=1S/C16H18N6S/c1-2-10-17-16(23)20-18-11-6-9-15-13-22(21-19-15)12-14-7-4-3-5-8-14/h2-9,11,13H,1,10,12H2,(H2,17,20,23)/b9-6+,18-11-. The fourth-order valence-corrected chi connectivity index (χ4v) is 1.86. The molecular weight excluding hydrogens is 308 g/mol. The van der Waals surface area contributed by atoms with Crippen molar-refractivity contribution in [3.8, 4) is 0 Å². The van der Waals surface area contributed by atoms with Crippen molar-refractivity contribution in [1.82, 2.24) is 25.7 Å². The third-order valence-electron chi connectivity index (χ3n) is 2.74. The average molecular weight is 326 g/mol. The monoisotopic (exact) mass is 326 g/mol. The lowest BCUT2D eigenvalue weighted by Gasteiger charge is -2.01. The lowest BCUT2D eigenvalue weighted by Crippen LogP contribution is -2.31. The Morgan fingerprint density at radius 2 is 2.17 bits per heavy atom. The van der Waals surface area contributed by atoms with E-state index in [1.807, 2.05) is 30.5 Å². The van der Waals surface area contributed by atoms with Crippen LogP contribution in [0.25, 0.3) is 6.08 Å². The Morgan fingerprint density at radius 3 is 2.96 bits per heavy atom. The van der Waals surface area contributed by atoms with Gasteiger partial charge in [0.2, 0.25) is 0 Å².